The lowest BCUT2D eigenvalue weighted by molar-refractivity contribution is -0.127. The lowest BCUT2D eigenvalue weighted by atomic mass is 9.84. The lowest BCUT2D eigenvalue weighted by Gasteiger charge is -2.25. The third-order valence-electron chi connectivity index (χ3n) is 3.17. The van der Waals surface area contributed by atoms with Gasteiger partial charge in [-0.3, -0.25) is 9.59 Å². The second kappa shape index (κ2) is 5.84. The van der Waals surface area contributed by atoms with E-state index in [1.807, 2.05) is 0 Å². The van der Waals surface area contributed by atoms with E-state index in [4.69, 9.17) is 11.5 Å². The molecule has 1 aliphatic rings. The molecule has 1 unspecified atom stereocenters. The highest BCUT2D eigenvalue weighted by atomic mass is 16.2. The quantitative estimate of drug-likeness (QED) is 0.624. The summed E-state index contributed by atoms with van der Waals surface area (Å²) in [6.07, 6.45) is 4.45. The maximum Gasteiger partial charge on any atom is 0.239 e. The van der Waals surface area contributed by atoms with E-state index in [-0.39, 0.29) is 5.91 Å². The highest BCUT2D eigenvalue weighted by Gasteiger charge is 2.22. The number of carbonyl (C=O) groups is 2. The van der Waals surface area contributed by atoms with Gasteiger partial charge in [-0.15, -0.1) is 0 Å². The minimum Gasteiger partial charge on any atom is -0.368 e. The summed E-state index contributed by atoms with van der Waals surface area (Å²) in [5.74, 6) is -0.189. The fourth-order valence-electron chi connectivity index (χ4n) is 2.03. The van der Waals surface area contributed by atoms with E-state index in [0.29, 0.717) is 18.4 Å². The van der Waals surface area contributed by atoms with Crippen LogP contribution in [0.1, 0.15) is 39.0 Å². The first-order valence-corrected chi connectivity index (χ1v) is 5.83. The van der Waals surface area contributed by atoms with Crippen LogP contribution in [-0.2, 0) is 9.59 Å². The SMILES string of the molecule is CC(NC(=O)CC1CCC(N)CC1)C(N)=O. The van der Waals surface area contributed by atoms with Gasteiger partial charge in [0, 0.05) is 12.5 Å². The molecule has 0 aromatic rings. The van der Waals surface area contributed by atoms with Gasteiger partial charge in [-0.1, -0.05) is 0 Å². The standard InChI is InChI=1S/C11H21N3O2/c1-7(11(13)16)14-10(15)6-8-2-4-9(12)5-3-8/h7-9H,2-6,12H2,1H3,(H2,13,16)(H,14,15). The van der Waals surface area contributed by atoms with Gasteiger partial charge < -0.3 is 16.8 Å². The molecule has 0 aliphatic heterocycles. The van der Waals surface area contributed by atoms with E-state index in [1.54, 1.807) is 6.92 Å². The number of hydrogen-bond acceptors (Lipinski definition) is 3. The molecular formula is C11H21N3O2. The molecule has 5 nitrogen and oxygen atoms in total. The Labute approximate surface area is 95.9 Å². The number of rotatable bonds is 4. The molecule has 1 atom stereocenters. The van der Waals surface area contributed by atoms with Crippen molar-refractivity contribution in [3.8, 4) is 0 Å². The first kappa shape index (κ1) is 13.0. The number of primary amides is 1. The molecule has 1 fully saturated rings. The number of nitrogens with two attached hydrogens (primary N) is 2. The van der Waals surface area contributed by atoms with Crippen LogP contribution in [0.4, 0.5) is 0 Å². The van der Waals surface area contributed by atoms with Gasteiger partial charge in [0.05, 0.1) is 0 Å². The van der Waals surface area contributed by atoms with Crippen molar-refractivity contribution in [2.75, 3.05) is 0 Å². The highest BCUT2D eigenvalue weighted by molar-refractivity contribution is 5.86. The van der Waals surface area contributed by atoms with Gasteiger partial charge in [0.1, 0.15) is 6.04 Å². The Balaban J connectivity index is 2.26. The van der Waals surface area contributed by atoms with E-state index in [0.717, 1.165) is 25.7 Å². The van der Waals surface area contributed by atoms with Crippen molar-refractivity contribution in [3.63, 3.8) is 0 Å². The minimum absolute atomic E-state index is 0.0910. The third-order valence-corrected chi connectivity index (χ3v) is 3.17. The molecule has 1 aliphatic carbocycles. The third kappa shape index (κ3) is 4.18. The molecule has 0 radical (unpaired) electrons. The molecule has 16 heavy (non-hydrogen) atoms. The molecule has 5 N–H and O–H groups in total. The summed E-state index contributed by atoms with van der Waals surface area (Å²) in [5, 5.41) is 2.59. The summed E-state index contributed by atoms with van der Waals surface area (Å²) >= 11 is 0. The summed E-state index contributed by atoms with van der Waals surface area (Å²) in [6.45, 7) is 1.59. The highest BCUT2D eigenvalue weighted by Crippen LogP contribution is 2.25. The zero-order valence-corrected chi connectivity index (χ0v) is 9.74. The van der Waals surface area contributed by atoms with Gasteiger partial charge in [0.25, 0.3) is 0 Å². The molecule has 2 amide bonds. The number of carbonyl (C=O) groups excluding carboxylic acids is 2. The van der Waals surface area contributed by atoms with Crippen molar-refractivity contribution < 1.29 is 9.59 Å². The normalized spacial score (nSPS) is 27.1. The Morgan fingerprint density at radius 2 is 1.88 bits per heavy atom. The largest absolute Gasteiger partial charge is 0.368 e. The number of hydrogen-bond donors (Lipinski definition) is 3. The number of nitrogens with one attached hydrogen (secondary N) is 1. The topological polar surface area (TPSA) is 98.2 Å². The Morgan fingerprint density at radius 1 is 1.31 bits per heavy atom. The van der Waals surface area contributed by atoms with E-state index >= 15 is 0 Å². The van der Waals surface area contributed by atoms with E-state index in [2.05, 4.69) is 5.32 Å². The second-order valence-electron chi connectivity index (χ2n) is 4.68. The molecule has 1 saturated carbocycles. The zero-order chi connectivity index (χ0) is 12.1. The average molecular weight is 227 g/mol. The van der Waals surface area contributed by atoms with Crippen LogP contribution in [0.2, 0.25) is 0 Å². The molecule has 0 spiro atoms. The molecule has 0 heterocycles. The van der Waals surface area contributed by atoms with Crippen LogP contribution in [0.25, 0.3) is 0 Å². The van der Waals surface area contributed by atoms with Crippen LogP contribution in [0.3, 0.4) is 0 Å². The molecule has 0 aromatic carbocycles. The van der Waals surface area contributed by atoms with Crippen molar-refractivity contribution in [1.29, 1.82) is 0 Å². The Bertz CT molecular complexity index is 260. The fraction of sp³-hybridized carbons (Fsp3) is 0.818. The van der Waals surface area contributed by atoms with Crippen LogP contribution in [-0.4, -0.2) is 23.9 Å². The van der Waals surface area contributed by atoms with Crippen LogP contribution >= 0.6 is 0 Å². The van der Waals surface area contributed by atoms with Crippen molar-refractivity contribution in [3.05, 3.63) is 0 Å². The van der Waals surface area contributed by atoms with Crippen LogP contribution < -0.4 is 16.8 Å². The van der Waals surface area contributed by atoms with Crippen molar-refractivity contribution in [1.82, 2.24) is 5.32 Å². The Kier molecular flexibility index (Phi) is 4.73. The number of amides is 2. The summed E-state index contributed by atoms with van der Waals surface area (Å²) < 4.78 is 0. The molecule has 0 aromatic heterocycles. The zero-order valence-electron chi connectivity index (χ0n) is 9.74. The van der Waals surface area contributed by atoms with Gasteiger partial charge in [0.15, 0.2) is 0 Å². The molecule has 1 rings (SSSR count). The first-order chi connectivity index (χ1) is 7.49. The van der Waals surface area contributed by atoms with E-state index in [9.17, 15) is 9.59 Å². The van der Waals surface area contributed by atoms with Crippen molar-refractivity contribution in [2.45, 2.75) is 51.1 Å². The second-order valence-corrected chi connectivity index (χ2v) is 4.68. The first-order valence-electron chi connectivity index (χ1n) is 5.83. The maximum absolute atomic E-state index is 11.6. The van der Waals surface area contributed by atoms with Crippen molar-refractivity contribution in [2.24, 2.45) is 17.4 Å². The van der Waals surface area contributed by atoms with E-state index < -0.39 is 11.9 Å². The van der Waals surface area contributed by atoms with Crippen LogP contribution in [0.5, 0.6) is 0 Å². The van der Waals surface area contributed by atoms with Gasteiger partial charge in [-0.05, 0) is 38.5 Å². The molecule has 92 valence electrons. The molecule has 5 heteroatoms. The van der Waals surface area contributed by atoms with Gasteiger partial charge in [-0.2, -0.15) is 0 Å². The smallest absolute Gasteiger partial charge is 0.239 e. The minimum atomic E-state index is -0.585. The van der Waals surface area contributed by atoms with Crippen LogP contribution in [0.15, 0.2) is 0 Å². The van der Waals surface area contributed by atoms with E-state index in [1.165, 1.54) is 0 Å². The maximum atomic E-state index is 11.6. The Hall–Kier alpha value is -1.10. The Morgan fingerprint density at radius 3 is 2.38 bits per heavy atom. The molecular weight excluding hydrogens is 206 g/mol. The summed E-state index contributed by atoms with van der Waals surface area (Å²) in [5.41, 5.74) is 10.9. The monoisotopic (exact) mass is 227 g/mol. The predicted octanol–water partition coefficient (Wildman–Crippen LogP) is -0.116. The summed E-state index contributed by atoms with van der Waals surface area (Å²) in [4.78, 5) is 22.3. The van der Waals surface area contributed by atoms with Gasteiger partial charge in [-0.25, -0.2) is 0 Å². The lowest BCUT2D eigenvalue weighted by Crippen LogP contribution is -2.43. The fourth-order valence-corrected chi connectivity index (χ4v) is 2.03. The van der Waals surface area contributed by atoms with Crippen molar-refractivity contribution >= 4 is 11.8 Å². The summed E-state index contributed by atoms with van der Waals surface area (Å²) in [7, 11) is 0. The van der Waals surface area contributed by atoms with Gasteiger partial charge in [0.2, 0.25) is 11.8 Å². The molecule has 0 saturated heterocycles. The average Bonchev–Trinajstić information content (AvgIpc) is 2.21. The summed E-state index contributed by atoms with van der Waals surface area (Å²) in [6, 6.07) is -0.290. The molecule has 0 bridgehead atoms. The van der Waals surface area contributed by atoms with Crippen LogP contribution in [0, 0.1) is 5.92 Å². The predicted molar refractivity (Wildman–Crippen MR) is 61.3 cm³/mol. The van der Waals surface area contributed by atoms with Gasteiger partial charge >= 0.3 is 0 Å².